The lowest BCUT2D eigenvalue weighted by atomic mass is 10.1. The van der Waals surface area contributed by atoms with Gasteiger partial charge in [-0.15, -0.1) is 0 Å². The molecule has 0 aliphatic carbocycles. The Morgan fingerprint density at radius 2 is 1.78 bits per heavy atom. The van der Waals surface area contributed by atoms with Crippen molar-refractivity contribution in [3.8, 4) is 5.75 Å². The third-order valence-corrected chi connectivity index (χ3v) is 5.41. The minimum atomic E-state index is -3.89. The highest BCUT2D eigenvalue weighted by atomic mass is 32.2. The molecular formula is C16H17NO5S. The summed E-state index contributed by atoms with van der Waals surface area (Å²) in [5, 5.41) is 9.25. The third-order valence-electron chi connectivity index (χ3n) is 3.49. The molecule has 0 amide bonds. The van der Waals surface area contributed by atoms with E-state index in [4.69, 9.17) is 4.74 Å². The van der Waals surface area contributed by atoms with E-state index in [0.29, 0.717) is 11.3 Å². The van der Waals surface area contributed by atoms with E-state index in [-0.39, 0.29) is 16.2 Å². The number of sulfonamides is 1. The van der Waals surface area contributed by atoms with Crippen LogP contribution in [0.4, 0.5) is 5.69 Å². The molecule has 122 valence electrons. The van der Waals surface area contributed by atoms with Gasteiger partial charge in [-0.1, -0.05) is 18.2 Å². The summed E-state index contributed by atoms with van der Waals surface area (Å²) in [5.41, 5.74) is 0.701. The zero-order valence-corrected chi connectivity index (χ0v) is 13.8. The van der Waals surface area contributed by atoms with Crippen molar-refractivity contribution in [3.05, 3.63) is 53.6 Å². The van der Waals surface area contributed by atoms with Crippen molar-refractivity contribution in [2.24, 2.45) is 0 Å². The first-order valence-electron chi connectivity index (χ1n) is 6.75. The molecule has 7 heteroatoms. The molecule has 0 heterocycles. The molecule has 0 atom stereocenters. The summed E-state index contributed by atoms with van der Waals surface area (Å²) >= 11 is 0. The lowest BCUT2D eigenvalue weighted by Gasteiger charge is -2.21. The van der Waals surface area contributed by atoms with E-state index in [1.807, 2.05) is 0 Å². The van der Waals surface area contributed by atoms with E-state index in [1.54, 1.807) is 37.3 Å². The smallest absolute Gasteiger partial charge is 0.339 e. The van der Waals surface area contributed by atoms with Crippen molar-refractivity contribution in [2.75, 3.05) is 18.5 Å². The zero-order valence-electron chi connectivity index (χ0n) is 13.0. The van der Waals surface area contributed by atoms with E-state index in [2.05, 4.69) is 0 Å². The Bertz CT molecular complexity index is 831. The molecule has 2 aromatic carbocycles. The van der Waals surface area contributed by atoms with E-state index in [9.17, 15) is 18.3 Å². The van der Waals surface area contributed by atoms with Gasteiger partial charge in [-0.25, -0.2) is 13.2 Å². The van der Waals surface area contributed by atoms with Gasteiger partial charge in [-0.2, -0.15) is 0 Å². The molecule has 0 aromatic heterocycles. The largest absolute Gasteiger partial charge is 0.496 e. The number of methoxy groups -OCH3 is 1. The third kappa shape index (κ3) is 3.14. The van der Waals surface area contributed by atoms with Gasteiger partial charge in [0.15, 0.2) is 0 Å². The molecule has 1 N–H and O–H groups in total. The highest BCUT2D eigenvalue weighted by Crippen LogP contribution is 2.29. The average molecular weight is 335 g/mol. The predicted octanol–water partition coefficient (Wildman–Crippen LogP) is 2.53. The van der Waals surface area contributed by atoms with Gasteiger partial charge in [-0.05, 0) is 36.8 Å². The highest BCUT2D eigenvalue weighted by molar-refractivity contribution is 7.92. The van der Waals surface area contributed by atoms with Crippen molar-refractivity contribution in [3.63, 3.8) is 0 Å². The fraction of sp³-hybridized carbons (Fsp3) is 0.188. The standard InChI is InChI=1S/C16H17NO5S/c1-11-9-14(22-3)13(16(18)19)10-15(11)23(20,21)17(2)12-7-5-4-6-8-12/h4-10H,1-3H3,(H,18,19). The number of rotatable bonds is 5. The summed E-state index contributed by atoms with van der Waals surface area (Å²) in [4.78, 5) is 11.3. The average Bonchev–Trinajstić information content (AvgIpc) is 2.53. The molecule has 23 heavy (non-hydrogen) atoms. The molecular weight excluding hydrogens is 318 g/mol. The van der Waals surface area contributed by atoms with Gasteiger partial charge in [0.1, 0.15) is 11.3 Å². The van der Waals surface area contributed by atoms with Gasteiger partial charge in [0.2, 0.25) is 0 Å². The Balaban J connectivity index is 2.60. The van der Waals surface area contributed by atoms with Crippen LogP contribution in [0.5, 0.6) is 5.75 Å². The number of carbonyl (C=O) groups is 1. The van der Waals surface area contributed by atoms with Crippen LogP contribution in [0.2, 0.25) is 0 Å². The Labute approximate surface area is 135 Å². The number of ether oxygens (including phenoxy) is 1. The normalized spacial score (nSPS) is 11.1. The number of carboxylic acid groups (broad SMARTS) is 1. The van der Waals surface area contributed by atoms with Gasteiger partial charge < -0.3 is 9.84 Å². The number of hydrogen-bond acceptors (Lipinski definition) is 4. The van der Waals surface area contributed by atoms with Crippen LogP contribution in [0, 0.1) is 6.92 Å². The number of aryl methyl sites for hydroxylation is 1. The number of carboxylic acids is 1. The van der Waals surface area contributed by atoms with Gasteiger partial charge in [0, 0.05) is 7.05 Å². The number of nitrogens with zero attached hydrogens (tertiary/aromatic N) is 1. The number of anilines is 1. The van der Waals surface area contributed by atoms with Crippen LogP contribution >= 0.6 is 0 Å². The van der Waals surface area contributed by atoms with E-state index >= 15 is 0 Å². The summed E-state index contributed by atoms with van der Waals surface area (Å²) in [6, 6.07) is 11.1. The van der Waals surface area contributed by atoms with Gasteiger partial charge in [-0.3, -0.25) is 4.31 Å². The van der Waals surface area contributed by atoms with Gasteiger partial charge in [0.05, 0.1) is 17.7 Å². The monoisotopic (exact) mass is 335 g/mol. The van der Waals surface area contributed by atoms with E-state index in [1.165, 1.54) is 20.2 Å². The molecule has 0 fully saturated rings. The van der Waals surface area contributed by atoms with Gasteiger partial charge in [0.25, 0.3) is 10.0 Å². The van der Waals surface area contributed by atoms with Gasteiger partial charge >= 0.3 is 5.97 Å². The van der Waals surface area contributed by atoms with E-state index in [0.717, 1.165) is 10.4 Å². The van der Waals surface area contributed by atoms with Crippen LogP contribution in [0.15, 0.2) is 47.4 Å². The quantitative estimate of drug-likeness (QED) is 0.908. The fourth-order valence-electron chi connectivity index (χ4n) is 2.20. The second-order valence-corrected chi connectivity index (χ2v) is 6.87. The maximum absolute atomic E-state index is 12.8. The molecule has 0 saturated carbocycles. The molecule has 0 unspecified atom stereocenters. The molecule has 0 aliphatic heterocycles. The molecule has 0 saturated heterocycles. The SMILES string of the molecule is COc1cc(C)c(S(=O)(=O)N(C)c2ccccc2)cc1C(=O)O. The second kappa shape index (κ2) is 6.29. The summed E-state index contributed by atoms with van der Waals surface area (Å²) in [6.07, 6.45) is 0. The lowest BCUT2D eigenvalue weighted by molar-refractivity contribution is 0.0693. The van der Waals surface area contributed by atoms with Crippen molar-refractivity contribution in [1.82, 2.24) is 0 Å². The van der Waals surface area contributed by atoms with Crippen molar-refractivity contribution >= 4 is 21.7 Å². The summed E-state index contributed by atoms with van der Waals surface area (Å²) in [5.74, 6) is -1.13. The summed E-state index contributed by atoms with van der Waals surface area (Å²) < 4.78 is 31.8. The highest BCUT2D eigenvalue weighted by Gasteiger charge is 2.26. The minimum Gasteiger partial charge on any atom is -0.496 e. The van der Waals surface area contributed by atoms with Crippen LogP contribution in [0.3, 0.4) is 0 Å². The van der Waals surface area contributed by atoms with Crippen LogP contribution < -0.4 is 9.04 Å². The Morgan fingerprint density at radius 3 is 2.30 bits per heavy atom. The van der Waals surface area contributed by atoms with Crippen molar-refractivity contribution < 1.29 is 23.1 Å². The molecule has 0 aliphatic rings. The first kappa shape index (κ1) is 16.8. The Kier molecular flexibility index (Phi) is 4.60. The summed E-state index contributed by atoms with van der Waals surface area (Å²) in [6.45, 7) is 1.60. The van der Waals surface area contributed by atoms with Crippen LogP contribution in [0.1, 0.15) is 15.9 Å². The number of hydrogen-bond donors (Lipinski definition) is 1. The maximum Gasteiger partial charge on any atom is 0.339 e. The maximum atomic E-state index is 12.8. The molecule has 0 bridgehead atoms. The second-order valence-electron chi connectivity index (χ2n) is 4.93. The predicted molar refractivity (Wildman–Crippen MR) is 86.7 cm³/mol. The topological polar surface area (TPSA) is 83.9 Å². The minimum absolute atomic E-state index is 0.0675. The first-order valence-corrected chi connectivity index (χ1v) is 8.19. The molecule has 0 radical (unpaired) electrons. The number of benzene rings is 2. The molecule has 2 rings (SSSR count). The molecule has 6 nitrogen and oxygen atoms in total. The number of aromatic carboxylic acids is 1. The Hall–Kier alpha value is -2.54. The van der Waals surface area contributed by atoms with Crippen LogP contribution in [0.25, 0.3) is 0 Å². The summed E-state index contributed by atoms with van der Waals surface area (Å²) in [7, 11) is -1.13. The van der Waals surface area contributed by atoms with Crippen LogP contribution in [-0.2, 0) is 10.0 Å². The molecule has 0 spiro atoms. The van der Waals surface area contributed by atoms with Crippen LogP contribution in [-0.4, -0.2) is 33.7 Å². The lowest BCUT2D eigenvalue weighted by Crippen LogP contribution is -2.27. The zero-order chi connectivity index (χ0) is 17.2. The molecule has 2 aromatic rings. The van der Waals surface area contributed by atoms with Crippen molar-refractivity contribution in [2.45, 2.75) is 11.8 Å². The number of para-hydroxylation sites is 1. The van der Waals surface area contributed by atoms with Crippen molar-refractivity contribution in [1.29, 1.82) is 0 Å². The van der Waals surface area contributed by atoms with E-state index < -0.39 is 16.0 Å². The Morgan fingerprint density at radius 1 is 1.17 bits per heavy atom. The first-order chi connectivity index (χ1) is 10.8. The fourth-order valence-corrected chi connectivity index (χ4v) is 3.63.